The monoisotopic (exact) mass is 352 g/mol. The summed E-state index contributed by atoms with van der Waals surface area (Å²) < 4.78 is 51.2. The Balaban J connectivity index is 2.18. The van der Waals surface area contributed by atoms with E-state index in [1.807, 2.05) is 0 Å². The van der Waals surface area contributed by atoms with Crippen molar-refractivity contribution in [2.45, 2.75) is 11.8 Å². The summed E-state index contributed by atoms with van der Waals surface area (Å²) in [7, 11) is -6.97. The molecule has 1 aliphatic rings. The van der Waals surface area contributed by atoms with Gasteiger partial charge in [0.05, 0.1) is 10.8 Å². The van der Waals surface area contributed by atoms with Crippen LogP contribution in [0.25, 0.3) is 0 Å². The molecule has 21 heavy (non-hydrogen) atoms. The van der Waals surface area contributed by atoms with Crippen molar-refractivity contribution in [3.63, 3.8) is 0 Å². The van der Waals surface area contributed by atoms with Crippen LogP contribution in [0, 0.1) is 0 Å². The predicted molar refractivity (Wildman–Crippen MR) is 81.2 cm³/mol. The molecule has 0 saturated carbocycles. The Bertz CT molecular complexity index is 711. The Morgan fingerprint density at radius 1 is 1.00 bits per heavy atom. The summed E-state index contributed by atoms with van der Waals surface area (Å²) in [6.07, 6.45) is 0. The molecular formula is C12H17ClN2O4S2. The van der Waals surface area contributed by atoms with Gasteiger partial charge in [0.2, 0.25) is 20.0 Å². The summed E-state index contributed by atoms with van der Waals surface area (Å²) in [5.41, 5.74) is 0. The van der Waals surface area contributed by atoms with Crippen LogP contribution in [0.1, 0.15) is 6.92 Å². The Kier molecular flexibility index (Phi) is 4.94. The van der Waals surface area contributed by atoms with Crippen molar-refractivity contribution in [2.24, 2.45) is 0 Å². The smallest absolute Gasteiger partial charge is 0.212 e. The number of piperazine rings is 1. The zero-order valence-electron chi connectivity index (χ0n) is 11.6. The van der Waals surface area contributed by atoms with Gasteiger partial charge in [-0.1, -0.05) is 23.7 Å². The van der Waals surface area contributed by atoms with E-state index < -0.39 is 20.0 Å². The molecule has 1 aliphatic heterocycles. The van der Waals surface area contributed by atoms with Crippen LogP contribution < -0.4 is 0 Å². The van der Waals surface area contributed by atoms with Crippen LogP contribution in [0.5, 0.6) is 0 Å². The van der Waals surface area contributed by atoms with Gasteiger partial charge in [-0.3, -0.25) is 0 Å². The van der Waals surface area contributed by atoms with E-state index in [4.69, 9.17) is 11.6 Å². The van der Waals surface area contributed by atoms with Gasteiger partial charge in [0, 0.05) is 26.2 Å². The van der Waals surface area contributed by atoms with Crippen LogP contribution in [0.4, 0.5) is 0 Å². The number of nitrogens with zero attached hydrogens (tertiary/aromatic N) is 2. The molecule has 2 rings (SSSR count). The fourth-order valence-corrected chi connectivity index (χ4v) is 5.16. The molecule has 1 aromatic rings. The molecule has 1 fully saturated rings. The second kappa shape index (κ2) is 6.21. The number of benzene rings is 1. The van der Waals surface area contributed by atoms with Crippen molar-refractivity contribution >= 4 is 31.6 Å². The lowest BCUT2D eigenvalue weighted by Gasteiger charge is -2.33. The van der Waals surface area contributed by atoms with Crippen molar-refractivity contribution in [1.82, 2.24) is 8.61 Å². The minimum atomic E-state index is -3.69. The molecule has 0 bridgehead atoms. The first-order valence-electron chi connectivity index (χ1n) is 6.51. The number of hydrogen-bond acceptors (Lipinski definition) is 4. The molecule has 118 valence electrons. The van der Waals surface area contributed by atoms with Crippen LogP contribution >= 0.6 is 11.6 Å². The van der Waals surface area contributed by atoms with Gasteiger partial charge in [-0.05, 0) is 19.1 Å². The second-order valence-electron chi connectivity index (χ2n) is 4.63. The minimum Gasteiger partial charge on any atom is -0.212 e. The molecule has 0 amide bonds. The Labute approximate surface area is 130 Å². The molecule has 0 spiro atoms. The molecule has 0 unspecified atom stereocenters. The van der Waals surface area contributed by atoms with Crippen LogP contribution in [-0.4, -0.2) is 57.4 Å². The predicted octanol–water partition coefficient (Wildman–Crippen LogP) is 0.996. The molecule has 0 aromatic heterocycles. The quantitative estimate of drug-likeness (QED) is 0.810. The summed E-state index contributed by atoms with van der Waals surface area (Å²) in [5, 5.41) is 0.168. The van der Waals surface area contributed by atoms with E-state index in [0.29, 0.717) is 0 Å². The maximum atomic E-state index is 12.5. The van der Waals surface area contributed by atoms with Crippen molar-refractivity contribution < 1.29 is 16.8 Å². The zero-order valence-corrected chi connectivity index (χ0v) is 14.0. The second-order valence-corrected chi connectivity index (χ2v) is 9.21. The summed E-state index contributed by atoms with van der Waals surface area (Å²) >= 11 is 5.94. The number of sulfonamides is 2. The van der Waals surface area contributed by atoms with Gasteiger partial charge in [-0.15, -0.1) is 0 Å². The first-order valence-corrected chi connectivity index (χ1v) is 9.94. The van der Waals surface area contributed by atoms with Crippen molar-refractivity contribution in [3.05, 3.63) is 29.3 Å². The van der Waals surface area contributed by atoms with Gasteiger partial charge in [0.15, 0.2) is 0 Å². The van der Waals surface area contributed by atoms with E-state index >= 15 is 0 Å². The van der Waals surface area contributed by atoms with E-state index in [9.17, 15) is 16.8 Å². The summed E-state index contributed by atoms with van der Waals surface area (Å²) in [6, 6.07) is 6.24. The minimum absolute atomic E-state index is 0.0181. The standard InChI is InChI=1S/C12H17ClN2O4S2/c1-2-20(16,17)14-7-9-15(10-8-14)21(18,19)12-6-4-3-5-11(12)13/h3-6H,2,7-10H2,1H3. The highest BCUT2D eigenvalue weighted by atomic mass is 35.5. The molecule has 9 heteroatoms. The van der Waals surface area contributed by atoms with E-state index in [1.54, 1.807) is 19.1 Å². The molecule has 1 aromatic carbocycles. The highest BCUT2D eigenvalue weighted by Gasteiger charge is 2.33. The van der Waals surface area contributed by atoms with Crippen LogP contribution in [0.15, 0.2) is 29.2 Å². The van der Waals surface area contributed by atoms with Crippen LogP contribution in [0.2, 0.25) is 5.02 Å². The first-order chi connectivity index (χ1) is 9.79. The molecule has 0 aliphatic carbocycles. The summed E-state index contributed by atoms with van der Waals surface area (Å²) in [6.45, 7) is 2.17. The van der Waals surface area contributed by atoms with Gasteiger partial charge in [-0.25, -0.2) is 16.8 Å². The third-order valence-corrected chi connectivity index (χ3v) is 7.69. The molecule has 0 N–H and O–H groups in total. The first kappa shape index (κ1) is 16.7. The highest BCUT2D eigenvalue weighted by molar-refractivity contribution is 7.89. The van der Waals surface area contributed by atoms with Gasteiger partial charge < -0.3 is 0 Å². The maximum Gasteiger partial charge on any atom is 0.244 e. The lowest BCUT2D eigenvalue weighted by Crippen LogP contribution is -2.50. The third-order valence-electron chi connectivity index (χ3n) is 3.41. The fourth-order valence-electron chi connectivity index (χ4n) is 2.16. The van der Waals surface area contributed by atoms with Crippen LogP contribution in [0.3, 0.4) is 0 Å². The highest BCUT2D eigenvalue weighted by Crippen LogP contribution is 2.25. The summed E-state index contributed by atoms with van der Waals surface area (Å²) in [5.74, 6) is 0.0181. The lowest BCUT2D eigenvalue weighted by atomic mass is 10.4. The van der Waals surface area contributed by atoms with E-state index in [0.717, 1.165) is 0 Å². The number of hydrogen-bond donors (Lipinski definition) is 0. The van der Waals surface area contributed by atoms with Gasteiger partial charge in [0.1, 0.15) is 4.90 Å². The van der Waals surface area contributed by atoms with E-state index in [1.165, 1.54) is 20.7 Å². The molecule has 0 atom stereocenters. The molecular weight excluding hydrogens is 336 g/mol. The number of halogens is 1. The molecule has 0 radical (unpaired) electrons. The average molecular weight is 353 g/mol. The average Bonchev–Trinajstić information content (AvgIpc) is 2.47. The zero-order chi connectivity index (χ0) is 15.7. The SMILES string of the molecule is CCS(=O)(=O)N1CCN(S(=O)(=O)c2ccccc2Cl)CC1. The maximum absolute atomic E-state index is 12.5. The normalized spacial score (nSPS) is 18.8. The topological polar surface area (TPSA) is 74.8 Å². The third kappa shape index (κ3) is 3.40. The van der Waals surface area contributed by atoms with E-state index in [2.05, 4.69) is 0 Å². The largest absolute Gasteiger partial charge is 0.244 e. The summed E-state index contributed by atoms with van der Waals surface area (Å²) in [4.78, 5) is 0.0541. The molecule has 1 heterocycles. The molecule has 6 nitrogen and oxygen atoms in total. The van der Waals surface area contributed by atoms with Crippen LogP contribution in [-0.2, 0) is 20.0 Å². The molecule has 1 saturated heterocycles. The fraction of sp³-hybridized carbons (Fsp3) is 0.500. The Morgan fingerprint density at radius 2 is 1.52 bits per heavy atom. The van der Waals surface area contributed by atoms with Crippen molar-refractivity contribution in [3.8, 4) is 0 Å². The number of rotatable bonds is 4. The van der Waals surface area contributed by atoms with Crippen molar-refractivity contribution in [2.75, 3.05) is 31.9 Å². The van der Waals surface area contributed by atoms with Gasteiger partial charge in [-0.2, -0.15) is 8.61 Å². The van der Waals surface area contributed by atoms with Crippen molar-refractivity contribution in [1.29, 1.82) is 0 Å². The van der Waals surface area contributed by atoms with Gasteiger partial charge >= 0.3 is 0 Å². The Hall–Kier alpha value is -0.670. The van der Waals surface area contributed by atoms with E-state index in [-0.39, 0.29) is 41.8 Å². The van der Waals surface area contributed by atoms with Gasteiger partial charge in [0.25, 0.3) is 0 Å². The lowest BCUT2D eigenvalue weighted by molar-refractivity contribution is 0.273. The Morgan fingerprint density at radius 3 is 2.05 bits per heavy atom.